The monoisotopic (exact) mass is 323 g/mol. The van der Waals surface area contributed by atoms with Crippen molar-refractivity contribution < 1.29 is 13.5 Å². The lowest BCUT2D eigenvalue weighted by molar-refractivity contribution is -0.143. The molecule has 0 spiro atoms. The first-order valence-corrected chi connectivity index (χ1v) is 8.83. The number of hydrogen-bond acceptors (Lipinski definition) is 2. The van der Waals surface area contributed by atoms with Crippen LogP contribution < -0.4 is 0 Å². The van der Waals surface area contributed by atoms with Crippen molar-refractivity contribution in [3.8, 4) is 0 Å². The molecule has 1 heterocycles. The molecule has 1 aromatic rings. The van der Waals surface area contributed by atoms with Crippen LogP contribution in [0, 0.1) is 12.3 Å². The number of hydrogen-bond donors (Lipinski definition) is 0. The summed E-state index contributed by atoms with van der Waals surface area (Å²) in [6.45, 7) is 0. The van der Waals surface area contributed by atoms with E-state index in [1.165, 1.54) is 42.7 Å². The van der Waals surface area contributed by atoms with Crippen molar-refractivity contribution in [2.45, 2.75) is 50.5 Å². The summed E-state index contributed by atoms with van der Waals surface area (Å²) in [5, 5.41) is 2.02. The molecular formula is C18H21F2OS. The van der Waals surface area contributed by atoms with Gasteiger partial charge in [0, 0.05) is 17.4 Å². The second kappa shape index (κ2) is 7.05. The zero-order valence-corrected chi connectivity index (χ0v) is 13.3. The first-order valence-electron chi connectivity index (χ1n) is 7.95. The van der Waals surface area contributed by atoms with Crippen LogP contribution in [0.1, 0.15) is 37.0 Å². The third-order valence-electron chi connectivity index (χ3n) is 4.40. The molecule has 2 unspecified atom stereocenters. The Morgan fingerprint density at radius 1 is 1.32 bits per heavy atom. The van der Waals surface area contributed by atoms with Gasteiger partial charge in [0.25, 0.3) is 0 Å². The van der Waals surface area contributed by atoms with Gasteiger partial charge in [-0.1, -0.05) is 31.4 Å². The van der Waals surface area contributed by atoms with Crippen LogP contribution in [0.4, 0.5) is 8.78 Å². The molecule has 1 radical (unpaired) electrons. The molecule has 22 heavy (non-hydrogen) atoms. The van der Waals surface area contributed by atoms with Crippen molar-refractivity contribution in [1.29, 1.82) is 0 Å². The summed E-state index contributed by atoms with van der Waals surface area (Å²) in [7, 11) is 0. The predicted molar refractivity (Wildman–Crippen MR) is 85.9 cm³/mol. The molecule has 0 aliphatic heterocycles. The van der Waals surface area contributed by atoms with Gasteiger partial charge in [-0.3, -0.25) is 0 Å². The molecule has 4 heteroatoms. The van der Waals surface area contributed by atoms with E-state index in [0.717, 1.165) is 18.9 Å². The Bertz CT molecular complexity index is 531. The zero-order valence-electron chi connectivity index (χ0n) is 12.5. The number of alkyl halides is 1. The quantitative estimate of drug-likeness (QED) is 0.690. The summed E-state index contributed by atoms with van der Waals surface area (Å²) in [5.74, 6) is -2.36. The third-order valence-corrected chi connectivity index (χ3v) is 5.30. The summed E-state index contributed by atoms with van der Waals surface area (Å²) >= 11 is 1.66. The minimum absolute atomic E-state index is 0.212. The van der Waals surface area contributed by atoms with Gasteiger partial charge in [-0.05, 0) is 36.3 Å². The van der Waals surface area contributed by atoms with Crippen LogP contribution in [0.15, 0.2) is 41.6 Å². The fourth-order valence-corrected chi connectivity index (χ4v) is 4.05. The highest BCUT2D eigenvalue weighted by Gasteiger charge is 2.36. The topological polar surface area (TPSA) is 9.23 Å². The normalized spacial score (nSPS) is 27.6. The molecule has 119 valence electrons. The first-order chi connectivity index (χ1) is 10.6. The molecule has 2 aliphatic carbocycles. The summed E-state index contributed by atoms with van der Waals surface area (Å²) in [4.78, 5) is 1.19. The van der Waals surface area contributed by atoms with E-state index in [-0.39, 0.29) is 6.10 Å². The van der Waals surface area contributed by atoms with E-state index in [1.807, 2.05) is 11.4 Å². The maximum atomic E-state index is 14.8. The van der Waals surface area contributed by atoms with Crippen molar-refractivity contribution in [2.24, 2.45) is 5.92 Å². The molecule has 1 nitrogen and oxygen atoms in total. The fraction of sp³-hybridized carbons (Fsp3) is 0.500. The Kier molecular flexibility index (Phi) is 5.09. The highest BCUT2D eigenvalue weighted by Crippen LogP contribution is 2.36. The maximum Gasteiger partial charge on any atom is 0.238 e. The Morgan fingerprint density at radius 2 is 2.14 bits per heavy atom. The highest BCUT2D eigenvalue weighted by molar-refractivity contribution is 7.09. The highest BCUT2D eigenvalue weighted by atomic mass is 32.1. The van der Waals surface area contributed by atoms with Crippen molar-refractivity contribution in [3.05, 3.63) is 52.9 Å². The average molecular weight is 323 g/mol. The van der Waals surface area contributed by atoms with Crippen LogP contribution in [0.5, 0.6) is 0 Å². The van der Waals surface area contributed by atoms with Gasteiger partial charge in [-0.25, -0.2) is 8.78 Å². The van der Waals surface area contributed by atoms with E-state index in [0.29, 0.717) is 12.3 Å². The summed E-state index contributed by atoms with van der Waals surface area (Å²) in [6.07, 6.45) is 11.0. The summed E-state index contributed by atoms with van der Waals surface area (Å²) in [5.41, 5.74) is 0. The summed E-state index contributed by atoms with van der Waals surface area (Å²) < 4.78 is 34.0. The molecule has 0 aromatic carbocycles. The maximum absolute atomic E-state index is 14.8. The molecule has 2 aliphatic rings. The van der Waals surface area contributed by atoms with Crippen molar-refractivity contribution >= 4 is 11.3 Å². The smallest absolute Gasteiger partial charge is 0.238 e. The number of rotatable bonds is 5. The number of allylic oxidation sites excluding steroid dienone is 2. The van der Waals surface area contributed by atoms with Crippen molar-refractivity contribution in [2.75, 3.05) is 0 Å². The molecule has 0 saturated heterocycles. The van der Waals surface area contributed by atoms with Crippen LogP contribution in [-0.4, -0.2) is 12.0 Å². The second-order valence-electron chi connectivity index (χ2n) is 6.09. The number of halogens is 2. The molecular weight excluding hydrogens is 302 g/mol. The molecule has 2 atom stereocenters. The Hall–Kier alpha value is -1.00. The minimum atomic E-state index is -2.13. The molecule has 1 fully saturated rings. The third kappa shape index (κ3) is 4.05. The fourth-order valence-electron chi connectivity index (χ4n) is 3.30. The summed E-state index contributed by atoms with van der Waals surface area (Å²) in [6, 6.07) is 4.05. The van der Waals surface area contributed by atoms with Gasteiger partial charge < -0.3 is 4.74 Å². The van der Waals surface area contributed by atoms with E-state index < -0.39 is 11.7 Å². The van der Waals surface area contributed by atoms with Gasteiger partial charge in [0.1, 0.15) is 5.83 Å². The van der Waals surface area contributed by atoms with E-state index in [4.69, 9.17) is 4.74 Å². The van der Waals surface area contributed by atoms with Crippen molar-refractivity contribution in [3.63, 3.8) is 0 Å². The first kappa shape index (κ1) is 15.9. The molecule has 0 N–H and O–H groups in total. The Morgan fingerprint density at radius 3 is 2.82 bits per heavy atom. The zero-order chi connectivity index (χ0) is 15.4. The molecule has 3 rings (SSSR count). The number of ether oxygens (including phenoxy) is 1. The lowest BCUT2D eigenvalue weighted by Crippen LogP contribution is -2.38. The lowest BCUT2D eigenvalue weighted by Gasteiger charge is -2.35. The van der Waals surface area contributed by atoms with Gasteiger partial charge in [0.15, 0.2) is 0 Å². The predicted octanol–water partition coefficient (Wildman–Crippen LogP) is 5.55. The van der Waals surface area contributed by atoms with E-state index >= 15 is 0 Å². The minimum Gasteiger partial charge on any atom is -0.338 e. The van der Waals surface area contributed by atoms with Crippen LogP contribution in [0.25, 0.3) is 0 Å². The van der Waals surface area contributed by atoms with Gasteiger partial charge in [-0.15, -0.1) is 11.3 Å². The van der Waals surface area contributed by atoms with Gasteiger partial charge >= 0.3 is 0 Å². The molecule has 0 bridgehead atoms. The van der Waals surface area contributed by atoms with Gasteiger partial charge in [0.2, 0.25) is 5.85 Å². The van der Waals surface area contributed by atoms with Gasteiger partial charge in [0.05, 0.1) is 12.5 Å². The number of thiophene rings is 1. The second-order valence-corrected chi connectivity index (χ2v) is 7.12. The van der Waals surface area contributed by atoms with E-state index in [9.17, 15) is 8.78 Å². The SMILES string of the molecule is FC1=CC(F)(OC(Cc2cccs2)C2CCCCC2)[CH]C=C1. The van der Waals surface area contributed by atoms with Gasteiger partial charge in [-0.2, -0.15) is 0 Å². The largest absolute Gasteiger partial charge is 0.338 e. The Balaban J connectivity index is 1.74. The lowest BCUT2D eigenvalue weighted by atomic mass is 9.83. The van der Waals surface area contributed by atoms with Crippen molar-refractivity contribution in [1.82, 2.24) is 0 Å². The molecule has 1 saturated carbocycles. The molecule has 0 amide bonds. The standard InChI is InChI=1S/C18H21F2OS/c19-15-8-4-10-18(20,13-15)21-17(12-16-9-5-11-22-16)14-6-2-1-3-7-14/h4-5,8-11,13-14,17H,1-3,6-7,12H2. The van der Waals surface area contributed by atoms with Crippen LogP contribution >= 0.6 is 11.3 Å². The van der Waals surface area contributed by atoms with Crippen LogP contribution in [0.3, 0.4) is 0 Å². The van der Waals surface area contributed by atoms with E-state index in [2.05, 4.69) is 6.07 Å². The Labute approximate surface area is 134 Å². The van der Waals surface area contributed by atoms with Crippen LogP contribution in [0.2, 0.25) is 0 Å². The average Bonchev–Trinajstić information content (AvgIpc) is 3.00. The molecule has 1 aromatic heterocycles. The van der Waals surface area contributed by atoms with Crippen LogP contribution in [-0.2, 0) is 11.2 Å². The van der Waals surface area contributed by atoms with E-state index in [1.54, 1.807) is 11.3 Å².